The highest BCUT2D eigenvalue weighted by atomic mass is 14.8. The van der Waals surface area contributed by atoms with Crippen molar-refractivity contribution >= 4 is 0 Å². The van der Waals surface area contributed by atoms with E-state index in [1.807, 2.05) is 12.3 Å². The minimum Gasteiger partial charge on any atom is -0.316 e. The van der Waals surface area contributed by atoms with Crippen LogP contribution in [0.4, 0.5) is 0 Å². The van der Waals surface area contributed by atoms with Crippen LogP contribution in [0.1, 0.15) is 31.5 Å². The molecule has 1 unspecified atom stereocenters. The molecule has 0 aliphatic carbocycles. The number of pyridine rings is 1. The van der Waals surface area contributed by atoms with Crippen molar-refractivity contribution in [3.8, 4) is 0 Å². The van der Waals surface area contributed by atoms with E-state index in [4.69, 9.17) is 0 Å². The molecule has 1 aromatic heterocycles. The number of nitrogens with zero attached hydrogens (tertiary/aromatic N) is 1. The second kappa shape index (κ2) is 6.57. The molecule has 0 bridgehead atoms. The molecule has 0 saturated carbocycles. The maximum atomic E-state index is 4.28. The predicted octanol–water partition coefficient (Wildman–Crippen LogP) is 2.57. The molecular weight excluding hydrogens is 184 g/mol. The van der Waals surface area contributed by atoms with E-state index in [9.17, 15) is 0 Å². The van der Waals surface area contributed by atoms with Crippen LogP contribution in [0, 0.1) is 12.8 Å². The second-order valence-electron chi connectivity index (χ2n) is 4.22. The number of hydrogen-bond acceptors (Lipinski definition) is 2. The summed E-state index contributed by atoms with van der Waals surface area (Å²) in [6.45, 7) is 8.76. The molecule has 0 saturated heterocycles. The van der Waals surface area contributed by atoms with Crippen LogP contribution in [0.15, 0.2) is 18.3 Å². The zero-order chi connectivity index (χ0) is 11.1. The molecule has 1 aromatic rings. The highest BCUT2D eigenvalue weighted by Gasteiger charge is 1.99. The Kier molecular flexibility index (Phi) is 5.33. The van der Waals surface area contributed by atoms with Gasteiger partial charge in [-0.2, -0.15) is 0 Å². The van der Waals surface area contributed by atoms with Crippen LogP contribution >= 0.6 is 0 Å². The van der Waals surface area contributed by atoms with Gasteiger partial charge < -0.3 is 5.32 Å². The van der Waals surface area contributed by atoms with Gasteiger partial charge in [0.15, 0.2) is 0 Å². The van der Waals surface area contributed by atoms with E-state index < -0.39 is 0 Å². The average Bonchev–Trinajstić information content (AvgIpc) is 2.26. The first-order valence-electron chi connectivity index (χ1n) is 5.85. The van der Waals surface area contributed by atoms with Gasteiger partial charge in [0.25, 0.3) is 0 Å². The fourth-order valence-corrected chi connectivity index (χ4v) is 1.50. The molecule has 2 nitrogen and oxygen atoms in total. The van der Waals surface area contributed by atoms with Crippen LogP contribution in [-0.4, -0.2) is 18.1 Å². The number of hydrogen-bond donors (Lipinski definition) is 1. The molecule has 0 radical (unpaired) electrons. The molecule has 0 aromatic carbocycles. The lowest BCUT2D eigenvalue weighted by Crippen LogP contribution is -2.23. The lowest BCUT2D eigenvalue weighted by molar-refractivity contribution is 0.502. The summed E-state index contributed by atoms with van der Waals surface area (Å²) in [5.74, 6) is 0.778. The van der Waals surface area contributed by atoms with E-state index >= 15 is 0 Å². The van der Waals surface area contributed by atoms with Crippen LogP contribution in [0.25, 0.3) is 0 Å². The minimum atomic E-state index is 0.778. The standard InChI is InChI=1S/C13H22N2/c1-4-11(2)10-14-9-7-13-6-5-8-15-12(13)3/h5-6,8,11,14H,4,7,9-10H2,1-3H3. The van der Waals surface area contributed by atoms with Crippen LogP contribution in [0.5, 0.6) is 0 Å². The third kappa shape index (κ3) is 4.43. The largest absolute Gasteiger partial charge is 0.316 e. The van der Waals surface area contributed by atoms with E-state index in [-0.39, 0.29) is 0 Å². The van der Waals surface area contributed by atoms with E-state index in [0.29, 0.717) is 0 Å². The monoisotopic (exact) mass is 206 g/mol. The van der Waals surface area contributed by atoms with Crippen molar-refractivity contribution in [3.05, 3.63) is 29.6 Å². The summed E-state index contributed by atoms with van der Waals surface area (Å²) in [7, 11) is 0. The molecule has 0 spiro atoms. The molecule has 0 aliphatic rings. The summed E-state index contributed by atoms with van der Waals surface area (Å²) in [4.78, 5) is 4.28. The molecule has 1 N–H and O–H groups in total. The summed E-state index contributed by atoms with van der Waals surface area (Å²) >= 11 is 0. The summed E-state index contributed by atoms with van der Waals surface area (Å²) < 4.78 is 0. The van der Waals surface area contributed by atoms with Gasteiger partial charge in [0.2, 0.25) is 0 Å². The van der Waals surface area contributed by atoms with Crippen molar-refractivity contribution in [2.24, 2.45) is 5.92 Å². The Morgan fingerprint density at radius 2 is 2.27 bits per heavy atom. The summed E-state index contributed by atoms with van der Waals surface area (Å²) in [5, 5.41) is 3.48. The zero-order valence-electron chi connectivity index (χ0n) is 10.1. The molecule has 2 heteroatoms. The minimum absolute atomic E-state index is 0.778. The van der Waals surface area contributed by atoms with Crippen molar-refractivity contribution in [1.82, 2.24) is 10.3 Å². The van der Waals surface area contributed by atoms with Gasteiger partial charge in [0, 0.05) is 11.9 Å². The lowest BCUT2D eigenvalue weighted by Gasteiger charge is -2.10. The molecule has 84 valence electrons. The van der Waals surface area contributed by atoms with Crippen molar-refractivity contribution in [2.75, 3.05) is 13.1 Å². The van der Waals surface area contributed by atoms with Gasteiger partial charge in [-0.3, -0.25) is 4.98 Å². The van der Waals surface area contributed by atoms with Gasteiger partial charge in [-0.25, -0.2) is 0 Å². The quantitative estimate of drug-likeness (QED) is 0.724. The van der Waals surface area contributed by atoms with Crippen LogP contribution in [0.3, 0.4) is 0 Å². The highest BCUT2D eigenvalue weighted by Crippen LogP contribution is 2.04. The fourth-order valence-electron chi connectivity index (χ4n) is 1.50. The second-order valence-corrected chi connectivity index (χ2v) is 4.22. The molecule has 1 rings (SSSR count). The Morgan fingerprint density at radius 1 is 1.47 bits per heavy atom. The van der Waals surface area contributed by atoms with Gasteiger partial charge in [0.05, 0.1) is 0 Å². The van der Waals surface area contributed by atoms with Gasteiger partial charge in [-0.1, -0.05) is 26.3 Å². The molecule has 0 amide bonds. The third-order valence-electron chi connectivity index (χ3n) is 2.88. The smallest absolute Gasteiger partial charge is 0.0405 e. The molecule has 1 atom stereocenters. The lowest BCUT2D eigenvalue weighted by atomic mass is 10.1. The van der Waals surface area contributed by atoms with Gasteiger partial charge in [-0.05, 0) is 44.0 Å². The normalized spacial score (nSPS) is 12.7. The first-order chi connectivity index (χ1) is 7.24. The van der Waals surface area contributed by atoms with Crippen LogP contribution < -0.4 is 5.32 Å². The summed E-state index contributed by atoms with van der Waals surface area (Å²) in [6.07, 6.45) is 4.18. The number of rotatable bonds is 6. The molecular formula is C13H22N2. The third-order valence-corrected chi connectivity index (χ3v) is 2.88. The van der Waals surface area contributed by atoms with Gasteiger partial charge >= 0.3 is 0 Å². The van der Waals surface area contributed by atoms with E-state index in [1.54, 1.807) is 0 Å². The predicted molar refractivity (Wildman–Crippen MR) is 65.0 cm³/mol. The number of aryl methyl sites for hydroxylation is 1. The number of nitrogens with one attached hydrogen (secondary N) is 1. The Bertz CT molecular complexity index is 284. The van der Waals surface area contributed by atoms with E-state index in [2.05, 4.69) is 37.1 Å². The summed E-state index contributed by atoms with van der Waals surface area (Å²) in [5.41, 5.74) is 2.51. The van der Waals surface area contributed by atoms with Crippen molar-refractivity contribution in [2.45, 2.75) is 33.6 Å². The SMILES string of the molecule is CCC(C)CNCCc1cccnc1C. The maximum absolute atomic E-state index is 4.28. The molecule has 15 heavy (non-hydrogen) atoms. The first-order valence-corrected chi connectivity index (χ1v) is 5.85. The Morgan fingerprint density at radius 3 is 2.93 bits per heavy atom. The van der Waals surface area contributed by atoms with Crippen molar-refractivity contribution in [1.29, 1.82) is 0 Å². The van der Waals surface area contributed by atoms with Crippen LogP contribution in [-0.2, 0) is 6.42 Å². The molecule has 1 heterocycles. The summed E-state index contributed by atoms with van der Waals surface area (Å²) in [6, 6.07) is 4.17. The van der Waals surface area contributed by atoms with Crippen molar-refractivity contribution < 1.29 is 0 Å². The van der Waals surface area contributed by atoms with Crippen LogP contribution in [0.2, 0.25) is 0 Å². The molecule has 0 aliphatic heterocycles. The Balaban J connectivity index is 2.23. The zero-order valence-corrected chi connectivity index (χ0v) is 10.1. The first kappa shape index (κ1) is 12.2. The van der Waals surface area contributed by atoms with E-state index in [1.165, 1.54) is 12.0 Å². The fraction of sp³-hybridized carbons (Fsp3) is 0.615. The molecule has 0 fully saturated rings. The van der Waals surface area contributed by atoms with Gasteiger partial charge in [-0.15, -0.1) is 0 Å². The maximum Gasteiger partial charge on any atom is 0.0405 e. The Hall–Kier alpha value is -0.890. The average molecular weight is 206 g/mol. The highest BCUT2D eigenvalue weighted by molar-refractivity contribution is 5.18. The number of aromatic nitrogens is 1. The van der Waals surface area contributed by atoms with E-state index in [0.717, 1.165) is 31.1 Å². The Labute approximate surface area is 93.1 Å². The van der Waals surface area contributed by atoms with Gasteiger partial charge in [0.1, 0.15) is 0 Å². The topological polar surface area (TPSA) is 24.9 Å². The van der Waals surface area contributed by atoms with Crippen molar-refractivity contribution in [3.63, 3.8) is 0 Å².